The van der Waals surface area contributed by atoms with Crippen LogP contribution in [0.3, 0.4) is 0 Å². The van der Waals surface area contributed by atoms with Crippen molar-refractivity contribution in [3.05, 3.63) is 70.1 Å². The van der Waals surface area contributed by atoms with Gasteiger partial charge in [0.15, 0.2) is 0 Å². The van der Waals surface area contributed by atoms with E-state index in [1.807, 2.05) is 48.5 Å². The number of rotatable bonds is 2. The van der Waals surface area contributed by atoms with E-state index in [2.05, 4.69) is 15.9 Å². The van der Waals surface area contributed by atoms with Gasteiger partial charge < -0.3 is 5.11 Å². The number of aliphatic hydroxyl groups is 1. The van der Waals surface area contributed by atoms with Crippen LogP contribution in [0.15, 0.2) is 53.3 Å². The van der Waals surface area contributed by atoms with Crippen LogP contribution in [0.4, 0.5) is 0 Å². The minimum absolute atomic E-state index is 0.0253. The fraction of sp³-hybridized carbons (Fsp3) is 0.235. The van der Waals surface area contributed by atoms with Gasteiger partial charge in [-0.3, -0.25) is 9.13 Å². The second-order valence-corrected chi connectivity index (χ2v) is 6.82. The van der Waals surface area contributed by atoms with Gasteiger partial charge in [-0.15, -0.1) is 0 Å². The van der Waals surface area contributed by atoms with Crippen molar-refractivity contribution in [1.82, 2.24) is 9.13 Å². The second-order valence-electron chi connectivity index (χ2n) is 5.64. The summed E-state index contributed by atoms with van der Waals surface area (Å²) in [6.45, 7) is 1.02. The van der Waals surface area contributed by atoms with Gasteiger partial charge >= 0.3 is 5.69 Å². The van der Waals surface area contributed by atoms with Crippen LogP contribution < -0.4 is 5.69 Å². The molecule has 0 aliphatic carbocycles. The maximum Gasteiger partial charge on any atom is 0.329 e. The fourth-order valence-corrected chi connectivity index (χ4v) is 3.78. The summed E-state index contributed by atoms with van der Waals surface area (Å²) in [5.41, 5.74) is 3.61. The molecular formula is C17H15BrN2O2. The molecule has 3 aromatic rings. The third kappa shape index (κ3) is 1.96. The number of benzene rings is 2. The zero-order chi connectivity index (χ0) is 15.3. The summed E-state index contributed by atoms with van der Waals surface area (Å²) in [5, 5.41) is 10.4. The molecule has 0 radical (unpaired) electrons. The Bertz CT molecular complexity index is 898. The molecule has 22 heavy (non-hydrogen) atoms. The minimum Gasteiger partial charge on any atom is -0.387 e. The first-order valence-corrected chi connectivity index (χ1v) is 8.16. The first kappa shape index (κ1) is 13.8. The number of para-hydroxylation sites is 1. The average Bonchev–Trinajstić information content (AvgIpc) is 2.80. The molecule has 1 aliphatic rings. The van der Waals surface area contributed by atoms with Gasteiger partial charge in [0.25, 0.3) is 0 Å². The molecule has 0 fully saturated rings. The molecule has 1 aromatic heterocycles. The molecule has 2 heterocycles. The standard InChI is InChI=1S/C17H15BrN2O2/c18-13-10-20-15-12(16(13)21)7-4-8-14(15)19(17(20)22)9-11-5-2-1-3-6-11/h1-8,13,16,21H,9-10H2/t13?,16-/m1/s1. The molecule has 2 atom stereocenters. The molecule has 4 rings (SSSR count). The number of nitrogens with zero attached hydrogens (tertiary/aromatic N) is 2. The van der Waals surface area contributed by atoms with E-state index in [9.17, 15) is 9.90 Å². The lowest BCUT2D eigenvalue weighted by Gasteiger charge is -2.24. The Morgan fingerprint density at radius 1 is 1.14 bits per heavy atom. The molecule has 5 heteroatoms. The van der Waals surface area contributed by atoms with Crippen LogP contribution in [0.2, 0.25) is 0 Å². The van der Waals surface area contributed by atoms with Gasteiger partial charge in [0, 0.05) is 12.1 Å². The van der Waals surface area contributed by atoms with Crippen LogP contribution >= 0.6 is 15.9 Å². The van der Waals surface area contributed by atoms with Crippen molar-refractivity contribution in [2.75, 3.05) is 0 Å². The molecule has 2 aromatic carbocycles. The predicted octanol–water partition coefficient (Wildman–Crippen LogP) is 2.66. The molecular weight excluding hydrogens is 344 g/mol. The van der Waals surface area contributed by atoms with Gasteiger partial charge in [-0.25, -0.2) is 4.79 Å². The van der Waals surface area contributed by atoms with Gasteiger partial charge in [-0.2, -0.15) is 0 Å². The van der Waals surface area contributed by atoms with Crippen molar-refractivity contribution in [2.24, 2.45) is 0 Å². The normalized spacial score (nSPS) is 20.5. The van der Waals surface area contributed by atoms with Crippen LogP contribution in [0.25, 0.3) is 11.0 Å². The van der Waals surface area contributed by atoms with Crippen LogP contribution in [0.5, 0.6) is 0 Å². The topological polar surface area (TPSA) is 47.2 Å². The first-order valence-electron chi connectivity index (χ1n) is 7.25. The van der Waals surface area contributed by atoms with E-state index in [4.69, 9.17) is 0 Å². The lowest BCUT2D eigenvalue weighted by Crippen LogP contribution is -2.32. The largest absolute Gasteiger partial charge is 0.387 e. The Balaban J connectivity index is 1.95. The highest BCUT2D eigenvalue weighted by Crippen LogP contribution is 2.34. The summed E-state index contributed by atoms with van der Waals surface area (Å²) in [4.78, 5) is 12.6. The lowest BCUT2D eigenvalue weighted by molar-refractivity contribution is 0.165. The predicted molar refractivity (Wildman–Crippen MR) is 89.4 cm³/mol. The zero-order valence-corrected chi connectivity index (χ0v) is 13.4. The number of aliphatic hydroxyl groups excluding tert-OH is 1. The highest BCUT2D eigenvalue weighted by atomic mass is 79.9. The third-order valence-electron chi connectivity index (χ3n) is 4.27. The smallest absolute Gasteiger partial charge is 0.329 e. The van der Waals surface area contributed by atoms with E-state index in [0.29, 0.717) is 13.1 Å². The summed E-state index contributed by atoms with van der Waals surface area (Å²) < 4.78 is 3.55. The average molecular weight is 359 g/mol. The summed E-state index contributed by atoms with van der Waals surface area (Å²) in [7, 11) is 0. The number of imidazole rings is 1. The molecule has 0 bridgehead atoms. The molecule has 112 valence electrons. The Kier molecular flexibility index (Phi) is 3.20. The van der Waals surface area contributed by atoms with E-state index >= 15 is 0 Å². The number of hydrogen-bond acceptors (Lipinski definition) is 2. The second kappa shape index (κ2) is 5.11. The van der Waals surface area contributed by atoms with E-state index in [0.717, 1.165) is 22.2 Å². The molecule has 1 N–H and O–H groups in total. The maximum atomic E-state index is 12.8. The van der Waals surface area contributed by atoms with Crippen LogP contribution in [-0.4, -0.2) is 19.1 Å². The number of halogens is 1. The van der Waals surface area contributed by atoms with Crippen LogP contribution in [0.1, 0.15) is 17.2 Å². The Morgan fingerprint density at radius 2 is 1.91 bits per heavy atom. The Morgan fingerprint density at radius 3 is 2.68 bits per heavy atom. The van der Waals surface area contributed by atoms with Gasteiger partial charge in [-0.05, 0) is 11.6 Å². The first-order chi connectivity index (χ1) is 10.7. The number of alkyl halides is 1. The molecule has 1 aliphatic heterocycles. The van der Waals surface area contributed by atoms with Crippen molar-refractivity contribution in [3.63, 3.8) is 0 Å². The Labute approximate surface area is 135 Å². The van der Waals surface area contributed by atoms with Gasteiger partial charge in [-0.1, -0.05) is 58.4 Å². The molecule has 4 nitrogen and oxygen atoms in total. The maximum absolute atomic E-state index is 12.8. The minimum atomic E-state index is -0.587. The van der Waals surface area contributed by atoms with Crippen molar-refractivity contribution < 1.29 is 5.11 Å². The number of hydrogen-bond donors (Lipinski definition) is 1. The summed E-state index contributed by atoms with van der Waals surface area (Å²) in [6, 6.07) is 15.7. The van der Waals surface area contributed by atoms with Crippen molar-refractivity contribution in [3.8, 4) is 0 Å². The number of aromatic nitrogens is 2. The SMILES string of the molecule is O=c1n(Cc2ccccc2)c2cccc3c2n1CC(Br)[C@@H]3O. The van der Waals surface area contributed by atoms with Gasteiger partial charge in [0.2, 0.25) is 0 Å². The van der Waals surface area contributed by atoms with Crippen LogP contribution in [0, 0.1) is 0 Å². The highest BCUT2D eigenvalue weighted by Gasteiger charge is 2.30. The van der Waals surface area contributed by atoms with Crippen molar-refractivity contribution in [2.45, 2.75) is 24.0 Å². The van der Waals surface area contributed by atoms with Crippen molar-refractivity contribution >= 4 is 27.0 Å². The fourth-order valence-electron chi connectivity index (χ4n) is 3.20. The van der Waals surface area contributed by atoms with Crippen molar-refractivity contribution in [1.29, 1.82) is 0 Å². The van der Waals surface area contributed by atoms with Gasteiger partial charge in [0.1, 0.15) is 0 Å². The Hall–Kier alpha value is -1.85. The summed E-state index contributed by atoms with van der Waals surface area (Å²) in [5.74, 6) is 0. The molecule has 0 spiro atoms. The summed E-state index contributed by atoms with van der Waals surface area (Å²) in [6.07, 6.45) is -0.587. The summed E-state index contributed by atoms with van der Waals surface area (Å²) >= 11 is 3.48. The third-order valence-corrected chi connectivity index (χ3v) is 5.06. The van der Waals surface area contributed by atoms with E-state index in [1.165, 1.54) is 0 Å². The zero-order valence-electron chi connectivity index (χ0n) is 11.8. The molecule has 0 saturated carbocycles. The molecule has 0 saturated heterocycles. The monoisotopic (exact) mass is 358 g/mol. The van der Waals surface area contributed by atoms with E-state index in [1.54, 1.807) is 9.13 Å². The highest BCUT2D eigenvalue weighted by molar-refractivity contribution is 9.09. The molecule has 0 amide bonds. The molecule has 1 unspecified atom stereocenters. The lowest BCUT2D eigenvalue weighted by atomic mass is 10.0. The van der Waals surface area contributed by atoms with E-state index in [-0.39, 0.29) is 10.5 Å². The van der Waals surface area contributed by atoms with E-state index < -0.39 is 6.10 Å². The van der Waals surface area contributed by atoms with Crippen LogP contribution in [-0.2, 0) is 13.1 Å². The quantitative estimate of drug-likeness (QED) is 0.716. The van der Waals surface area contributed by atoms with Gasteiger partial charge in [0.05, 0.1) is 28.5 Å².